The zero-order valence-corrected chi connectivity index (χ0v) is 13.4. The third-order valence-corrected chi connectivity index (χ3v) is 5.79. The standard InChI is InChI=1S/C15H24N2O3S/c1-11-4-3-5-13(11)10-17-21(18,19)15-7-6-12(9-16)8-14(15)20-2/h6-8,11,13,17H,3-5,9-10,16H2,1-2H3. The van der Waals surface area contributed by atoms with E-state index in [2.05, 4.69) is 11.6 Å². The van der Waals surface area contributed by atoms with Gasteiger partial charge in [-0.15, -0.1) is 0 Å². The molecule has 21 heavy (non-hydrogen) atoms. The van der Waals surface area contributed by atoms with E-state index in [-0.39, 0.29) is 4.90 Å². The molecule has 118 valence electrons. The number of benzene rings is 1. The summed E-state index contributed by atoms with van der Waals surface area (Å²) >= 11 is 0. The summed E-state index contributed by atoms with van der Waals surface area (Å²) in [6, 6.07) is 4.95. The smallest absolute Gasteiger partial charge is 0.244 e. The van der Waals surface area contributed by atoms with Gasteiger partial charge >= 0.3 is 0 Å². The predicted molar refractivity (Wildman–Crippen MR) is 82.6 cm³/mol. The molecule has 1 aliphatic rings. The van der Waals surface area contributed by atoms with Crippen LogP contribution in [0.15, 0.2) is 23.1 Å². The minimum atomic E-state index is -3.55. The molecule has 0 saturated heterocycles. The van der Waals surface area contributed by atoms with Gasteiger partial charge in [-0.1, -0.05) is 25.8 Å². The van der Waals surface area contributed by atoms with Crippen molar-refractivity contribution < 1.29 is 13.2 Å². The molecule has 1 saturated carbocycles. The van der Waals surface area contributed by atoms with Gasteiger partial charge in [-0.3, -0.25) is 0 Å². The summed E-state index contributed by atoms with van der Waals surface area (Å²) in [6.45, 7) is 3.03. The van der Waals surface area contributed by atoms with Crippen LogP contribution in [-0.2, 0) is 16.6 Å². The third kappa shape index (κ3) is 3.75. The van der Waals surface area contributed by atoms with Crippen molar-refractivity contribution in [3.8, 4) is 5.75 Å². The fourth-order valence-corrected chi connectivity index (χ4v) is 4.12. The van der Waals surface area contributed by atoms with E-state index in [1.807, 2.05) is 0 Å². The Morgan fingerprint density at radius 1 is 1.38 bits per heavy atom. The first kappa shape index (κ1) is 16.3. The van der Waals surface area contributed by atoms with Crippen molar-refractivity contribution in [3.05, 3.63) is 23.8 Å². The summed E-state index contributed by atoms with van der Waals surface area (Å²) in [5.74, 6) is 1.34. The molecule has 0 spiro atoms. The number of nitrogens with two attached hydrogens (primary N) is 1. The van der Waals surface area contributed by atoms with Gasteiger partial charge in [0.05, 0.1) is 7.11 Å². The Hall–Kier alpha value is -1.11. The number of rotatable bonds is 6. The molecule has 0 amide bonds. The highest BCUT2D eigenvalue weighted by atomic mass is 32.2. The number of nitrogens with one attached hydrogen (secondary N) is 1. The van der Waals surface area contributed by atoms with Gasteiger partial charge in [-0.05, 0) is 36.0 Å². The molecular formula is C15H24N2O3S. The maximum atomic E-state index is 12.5. The average Bonchev–Trinajstić information content (AvgIpc) is 2.89. The van der Waals surface area contributed by atoms with Crippen molar-refractivity contribution in [2.75, 3.05) is 13.7 Å². The lowest BCUT2D eigenvalue weighted by molar-refractivity contribution is 0.399. The van der Waals surface area contributed by atoms with Gasteiger partial charge in [0.1, 0.15) is 10.6 Å². The van der Waals surface area contributed by atoms with Crippen LogP contribution in [0.2, 0.25) is 0 Å². The topological polar surface area (TPSA) is 81.4 Å². The summed E-state index contributed by atoms with van der Waals surface area (Å²) in [6.07, 6.45) is 3.45. The van der Waals surface area contributed by atoms with Crippen LogP contribution in [0.1, 0.15) is 31.7 Å². The van der Waals surface area contributed by atoms with E-state index >= 15 is 0 Å². The summed E-state index contributed by atoms with van der Waals surface area (Å²) in [4.78, 5) is 0.174. The van der Waals surface area contributed by atoms with Crippen LogP contribution in [0, 0.1) is 11.8 Å². The summed E-state index contributed by atoms with van der Waals surface area (Å²) in [5, 5.41) is 0. The molecule has 0 aromatic heterocycles. The van der Waals surface area contributed by atoms with Crippen LogP contribution >= 0.6 is 0 Å². The van der Waals surface area contributed by atoms with Crippen LogP contribution < -0.4 is 15.2 Å². The van der Waals surface area contributed by atoms with E-state index in [9.17, 15) is 8.42 Å². The van der Waals surface area contributed by atoms with Crippen molar-refractivity contribution in [2.45, 2.75) is 37.6 Å². The molecule has 2 unspecified atom stereocenters. The predicted octanol–water partition coefficient (Wildman–Crippen LogP) is 1.87. The molecule has 0 aliphatic heterocycles. The van der Waals surface area contributed by atoms with E-state index < -0.39 is 10.0 Å². The van der Waals surface area contributed by atoms with Gasteiger partial charge in [0, 0.05) is 13.1 Å². The minimum absolute atomic E-state index is 0.174. The van der Waals surface area contributed by atoms with Gasteiger partial charge in [-0.2, -0.15) is 0 Å². The quantitative estimate of drug-likeness (QED) is 0.840. The second kappa shape index (κ2) is 6.77. The molecule has 1 aromatic rings. The summed E-state index contributed by atoms with van der Waals surface area (Å²) in [5.41, 5.74) is 6.41. The zero-order valence-electron chi connectivity index (χ0n) is 12.6. The Kier molecular flexibility index (Phi) is 5.24. The van der Waals surface area contributed by atoms with Crippen molar-refractivity contribution in [2.24, 2.45) is 17.6 Å². The van der Waals surface area contributed by atoms with Crippen LogP contribution in [0.5, 0.6) is 5.75 Å². The lowest BCUT2D eigenvalue weighted by atomic mass is 9.99. The Morgan fingerprint density at radius 2 is 2.14 bits per heavy atom. The molecule has 2 atom stereocenters. The molecule has 5 nitrogen and oxygen atoms in total. The third-order valence-electron chi connectivity index (χ3n) is 4.33. The van der Waals surface area contributed by atoms with Crippen molar-refractivity contribution >= 4 is 10.0 Å². The first-order valence-electron chi connectivity index (χ1n) is 7.34. The van der Waals surface area contributed by atoms with E-state index in [4.69, 9.17) is 10.5 Å². The monoisotopic (exact) mass is 312 g/mol. The lowest BCUT2D eigenvalue weighted by Gasteiger charge is -2.17. The van der Waals surface area contributed by atoms with Gasteiger partial charge in [0.2, 0.25) is 10.0 Å². The van der Waals surface area contributed by atoms with Crippen molar-refractivity contribution in [1.29, 1.82) is 0 Å². The van der Waals surface area contributed by atoms with Crippen LogP contribution in [0.25, 0.3) is 0 Å². The molecule has 1 fully saturated rings. The fraction of sp³-hybridized carbons (Fsp3) is 0.600. The number of sulfonamides is 1. The van der Waals surface area contributed by atoms with Crippen LogP contribution in [0.3, 0.4) is 0 Å². The van der Waals surface area contributed by atoms with E-state index in [1.54, 1.807) is 18.2 Å². The second-order valence-corrected chi connectivity index (χ2v) is 7.44. The number of hydrogen-bond acceptors (Lipinski definition) is 4. The minimum Gasteiger partial charge on any atom is -0.495 e. The molecule has 1 aromatic carbocycles. The fourth-order valence-electron chi connectivity index (χ4n) is 2.88. The number of ether oxygens (including phenoxy) is 1. The summed E-state index contributed by atoms with van der Waals surface area (Å²) < 4.78 is 32.8. The Balaban J connectivity index is 2.15. The molecule has 0 radical (unpaired) electrons. The highest BCUT2D eigenvalue weighted by molar-refractivity contribution is 7.89. The molecule has 0 bridgehead atoms. The highest BCUT2D eigenvalue weighted by Gasteiger charge is 2.26. The Labute approximate surface area is 126 Å². The molecular weight excluding hydrogens is 288 g/mol. The maximum Gasteiger partial charge on any atom is 0.244 e. The normalized spacial score (nSPS) is 22.4. The lowest BCUT2D eigenvalue weighted by Crippen LogP contribution is -2.30. The van der Waals surface area contributed by atoms with Crippen molar-refractivity contribution in [3.63, 3.8) is 0 Å². The first-order chi connectivity index (χ1) is 9.97. The van der Waals surface area contributed by atoms with Gasteiger partial charge in [0.25, 0.3) is 0 Å². The Morgan fingerprint density at radius 3 is 2.71 bits per heavy atom. The average molecular weight is 312 g/mol. The number of methoxy groups -OCH3 is 1. The zero-order chi connectivity index (χ0) is 15.5. The Bertz CT molecular complexity index is 587. The highest BCUT2D eigenvalue weighted by Crippen LogP contribution is 2.31. The van der Waals surface area contributed by atoms with E-state index in [0.29, 0.717) is 30.7 Å². The van der Waals surface area contributed by atoms with Crippen molar-refractivity contribution in [1.82, 2.24) is 4.72 Å². The van der Waals surface area contributed by atoms with Gasteiger partial charge in [0.15, 0.2) is 0 Å². The SMILES string of the molecule is COc1cc(CN)ccc1S(=O)(=O)NCC1CCCC1C. The van der Waals surface area contributed by atoms with E-state index in [1.165, 1.54) is 20.0 Å². The molecule has 3 N–H and O–H groups in total. The van der Waals surface area contributed by atoms with Gasteiger partial charge < -0.3 is 10.5 Å². The second-order valence-electron chi connectivity index (χ2n) is 5.71. The largest absolute Gasteiger partial charge is 0.495 e. The molecule has 2 rings (SSSR count). The molecule has 0 heterocycles. The first-order valence-corrected chi connectivity index (χ1v) is 8.83. The van der Waals surface area contributed by atoms with Gasteiger partial charge in [-0.25, -0.2) is 13.1 Å². The number of hydrogen-bond donors (Lipinski definition) is 2. The molecule has 6 heteroatoms. The molecule has 1 aliphatic carbocycles. The van der Waals surface area contributed by atoms with Crippen LogP contribution in [0.4, 0.5) is 0 Å². The van der Waals surface area contributed by atoms with E-state index in [0.717, 1.165) is 12.0 Å². The summed E-state index contributed by atoms with van der Waals surface area (Å²) in [7, 11) is -2.09. The van der Waals surface area contributed by atoms with Crippen LogP contribution in [-0.4, -0.2) is 22.1 Å². The maximum absolute atomic E-state index is 12.5.